The minimum Gasteiger partial charge on any atom is -0.468 e. The second-order valence-corrected chi connectivity index (χ2v) is 6.77. The van der Waals surface area contributed by atoms with Gasteiger partial charge < -0.3 is 15.6 Å². The lowest BCUT2D eigenvalue weighted by atomic mass is 9.93. The van der Waals surface area contributed by atoms with E-state index in [-0.39, 0.29) is 12.1 Å². The van der Waals surface area contributed by atoms with E-state index in [0.29, 0.717) is 28.6 Å². The van der Waals surface area contributed by atoms with E-state index in [9.17, 15) is 9.90 Å². The Balaban J connectivity index is 1.76. The predicted octanol–water partition coefficient (Wildman–Crippen LogP) is 2.08. The molecule has 0 radical (unpaired) electrons. The standard InChI is InChI=1S/C19H21N5O3/c1-27-19-23-17-18(24(19)13-6-8-14(25)9-7-13)22-15(10-21-17)11-2-4-12(5-3-11)16(20)26/h2-5,10,13-14,25H,6-9H2,1H3,(H2,20,26). The summed E-state index contributed by atoms with van der Waals surface area (Å²) in [7, 11) is 1.58. The molecule has 3 aromatic rings. The third-order valence-electron chi connectivity index (χ3n) is 5.05. The van der Waals surface area contributed by atoms with Crippen LogP contribution in [-0.2, 0) is 0 Å². The van der Waals surface area contributed by atoms with Crippen molar-refractivity contribution in [2.24, 2.45) is 5.73 Å². The molecule has 27 heavy (non-hydrogen) atoms. The number of benzene rings is 1. The Morgan fingerprint density at radius 2 is 1.89 bits per heavy atom. The fourth-order valence-electron chi connectivity index (χ4n) is 3.58. The highest BCUT2D eigenvalue weighted by Gasteiger charge is 2.26. The largest absolute Gasteiger partial charge is 0.468 e. The molecule has 1 saturated carbocycles. The molecule has 2 aromatic heterocycles. The van der Waals surface area contributed by atoms with Crippen molar-refractivity contribution in [3.63, 3.8) is 0 Å². The molecule has 1 amide bonds. The van der Waals surface area contributed by atoms with Gasteiger partial charge in [0, 0.05) is 17.2 Å². The third kappa shape index (κ3) is 3.23. The molecule has 0 atom stereocenters. The van der Waals surface area contributed by atoms with E-state index in [4.69, 9.17) is 15.5 Å². The van der Waals surface area contributed by atoms with Crippen LogP contribution in [0.25, 0.3) is 22.6 Å². The van der Waals surface area contributed by atoms with E-state index in [1.807, 2.05) is 4.57 Å². The number of aliphatic hydroxyl groups excluding tert-OH is 1. The van der Waals surface area contributed by atoms with Crippen LogP contribution >= 0.6 is 0 Å². The monoisotopic (exact) mass is 367 g/mol. The van der Waals surface area contributed by atoms with Gasteiger partial charge >= 0.3 is 0 Å². The van der Waals surface area contributed by atoms with E-state index in [2.05, 4.69) is 9.97 Å². The first-order valence-electron chi connectivity index (χ1n) is 8.94. The maximum Gasteiger partial charge on any atom is 0.300 e. The lowest BCUT2D eigenvalue weighted by Gasteiger charge is -2.27. The van der Waals surface area contributed by atoms with Gasteiger partial charge in [-0.15, -0.1) is 0 Å². The Morgan fingerprint density at radius 3 is 2.52 bits per heavy atom. The minimum absolute atomic E-state index is 0.162. The Bertz CT molecular complexity index is 975. The zero-order valence-corrected chi connectivity index (χ0v) is 15.0. The van der Waals surface area contributed by atoms with Crippen LogP contribution in [0.2, 0.25) is 0 Å². The average Bonchev–Trinajstić information content (AvgIpc) is 3.06. The Hall–Kier alpha value is -3.00. The summed E-state index contributed by atoms with van der Waals surface area (Å²) in [5.74, 6) is -0.467. The number of primary amides is 1. The second kappa shape index (κ2) is 6.96. The molecular weight excluding hydrogens is 346 g/mol. The number of rotatable bonds is 4. The molecule has 0 aliphatic heterocycles. The van der Waals surface area contributed by atoms with Crippen LogP contribution in [0.4, 0.5) is 0 Å². The number of aliphatic hydroxyl groups is 1. The van der Waals surface area contributed by atoms with Crippen LogP contribution in [0.1, 0.15) is 42.1 Å². The van der Waals surface area contributed by atoms with Crippen molar-refractivity contribution in [2.75, 3.05) is 7.11 Å². The molecule has 0 unspecified atom stereocenters. The van der Waals surface area contributed by atoms with E-state index in [1.165, 1.54) is 0 Å². The number of nitrogens with zero attached hydrogens (tertiary/aromatic N) is 4. The number of hydrogen-bond donors (Lipinski definition) is 2. The summed E-state index contributed by atoms with van der Waals surface area (Å²) in [5.41, 5.74) is 8.43. The Labute approximate surface area is 156 Å². The van der Waals surface area contributed by atoms with Gasteiger partial charge in [-0.3, -0.25) is 9.36 Å². The van der Waals surface area contributed by atoms with Crippen molar-refractivity contribution in [2.45, 2.75) is 37.8 Å². The van der Waals surface area contributed by atoms with Gasteiger partial charge in [0.2, 0.25) is 11.6 Å². The molecule has 8 nitrogen and oxygen atoms in total. The molecule has 2 heterocycles. The molecule has 4 rings (SSSR count). The van der Waals surface area contributed by atoms with Gasteiger partial charge in [-0.1, -0.05) is 12.1 Å². The highest BCUT2D eigenvalue weighted by molar-refractivity contribution is 5.93. The SMILES string of the molecule is COc1nc2ncc(-c3ccc(C(N)=O)cc3)nc2n1C1CCC(O)CC1. The molecule has 0 saturated heterocycles. The molecule has 8 heteroatoms. The van der Waals surface area contributed by atoms with Crippen molar-refractivity contribution >= 4 is 17.2 Å². The molecule has 140 valence electrons. The number of carbonyl (C=O) groups excluding carboxylic acids is 1. The van der Waals surface area contributed by atoms with Gasteiger partial charge in [-0.25, -0.2) is 9.97 Å². The van der Waals surface area contributed by atoms with Crippen molar-refractivity contribution in [1.29, 1.82) is 0 Å². The molecule has 0 spiro atoms. The van der Waals surface area contributed by atoms with Crippen molar-refractivity contribution in [1.82, 2.24) is 19.5 Å². The number of aromatic nitrogens is 4. The summed E-state index contributed by atoms with van der Waals surface area (Å²) < 4.78 is 7.44. The molecular formula is C19H21N5O3. The van der Waals surface area contributed by atoms with Crippen molar-refractivity contribution in [3.05, 3.63) is 36.0 Å². The van der Waals surface area contributed by atoms with Crippen molar-refractivity contribution in [3.8, 4) is 17.3 Å². The molecule has 1 aliphatic carbocycles. The maximum absolute atomic E-state index is 11.3. The van der Waals surface area contributed by atoms with E-state index < -0.39 is 5.91 Å². The normalized spacial score (nSPS) is 19.9. The maximum atomic E-state index is 11.3. The number of fused-ring (bicyclic) bond motifs is 1. The highest BCUT2D eigenvalue weighted by Crippen LogP contribution is 2.34. The Morgan fingerprint density at radius 1 is 1.19 bits per heavy atom. The van der Waals surface area contributed by atoms with Gasteiger partial charge in [0.15, 0.2) is 5.65 Å². The third-order valence-corrected chi connectivity index (χ3v) is 5.05. The number of methoxy groups -OCH3 is 1. The highest BCUT2D eigenvalue weighted by atomic mass is 16.5. The fourth-order valence-corrected chi connectivity index (χ4v) is 3.58. The van der Waals surface area contributed by atoms with Crippen LogP contribution in [-0.4, -0.2) is 43.7 Å². The molecule has 1 aromatic carbocycles. The first-order chi connectivity index (χ1) is 13.1. The summed E-state index contributed by atoms with van der Waals surface area (Å²) in [5, 5.41) is 9.80. The number of nitrogens with two attached hydrogens (primary N) is 1. The van der Waals surface area contributed by atoms with E-state index in [0.717, 1.165) is 31.2 Å². The van der Waals surface area contributed by atoms with Crippen LogP contribution in [0.3, 0.4) is 0 Å². The first-order valence-corrected chi connectivity index (χ1v) is 8.94. The van der Waals surface area contributed by atoms with Gasteiger partial charge in [-0.2, -0.15) is 4.98 Å². The zero-order valence-electron chi connectivity index (χ0n) is 15.0. The molecule has 1 fully saturated rings. The number of imidazole rings is 1. The minimum atomic E-state index is -0.467. The molecule has 3 N–H and O–H groups in total. The second-order valence-electron chi connectivity index (χ2n) is 6.77. The molecule has 0 bridgehead atoms. The zero-order chi connectivity index (χ0) is 19.0. The van der Waals surface area contributed by atoms with Crippen LogP contribution in [0.15, 0.2) is 30.5 Å². The van der Waals surface area contributed by atoms with E-state index in [1.54, 1.807) is 37.6 Å². The quantitative estimate of drug-likeness (QED) is 0.729. The number of hydrogen-bond acceptors (Lipinski definition) is 6. The van der Waals surface area contributed by atoms with Gasteiger partial charge in [-0.05, 0) is 37.8 Å². The van der Waals surface area contributed by atoms with Gasteiger partial charge in [0.1, 0.15) is 0 Å². The Kier molecular flexibility index (Phi) is 4.49. The van der Waals surface area contributed by atoms with Gasteiger partial charge in [0.05, 0.1) is 25.1 Å². The first kappa shape index (κ1) is 17.4. The van der Waals surface area contributed by atoms with Crippen LogP contribution in [0, 0.1) is 0 Å². The summed E-state index contributed by atoms with van der Waals surface area (Å²) in [4.78, 5) is 24.9. The summed E-state index contributed by atoms with van der Waals surface area (Å²) in [6, 6.07) is 7.58. The number of amides is 1. The predicted molar refractivity (Wildman–Crippen MR) is 99.3 cm³/mol. The summed E-state index contributed by atoms with van der Waals surface area (Å²) in [6.07, 6.45) is 4.57. The number of carbonyl (C=O) groups is 1. The fraction of sp³-hybridized carbons (Fsp3) is 0.368. The average molecular weight is 367 g/mol. The number of ether oxygens (including phenoxy) is 1. The lowest BCUT2D eigenvalue weighted by Crippen LogP contribution is -2.21. The van der Waals surface area contributed by atoms with Crippen LogP contribution in [0.5, 0.6) is 6.01 Å². The topological polar surface area (TPSA) is 116 Å². The van der Waals surface area contributed by atoms with E-state index >= 15 is 0 Å². The van der Waals surface area contributed by atoms with Crippen LogP contribution < -0.4 is 10.5 Å². The van der Waals surface area contributed by atoms with Crippen molar-refractivity contribution < 1.29 is 14.6 Å². The summed E-state index contributed by atoms with van der Waals surface area (Å²) >= 11 is 0. The van der Waals surface area contributed by atoms with Gasteiger partial charge in [0.25, 0.3) is 6.01 Å². The lowest BCUT2D eigenvalue weighted by molar-refractivity contribution is 0.1000. The summed E-state index contributed by atoms with van der Waals surface area (Å²) in [6.45, 7) is 0. The smallest absolute Gasteiger partial charge is 0.300 e. The molecule has 1 aliphatic rings.